The molecule has 0 unspecified atom stereocenters. The van der Waals surface area contributed by atoms with Crippen LogP contribution in [0, 0.1) is 11.6 Å². The lowest BCUT2D eigenvalue weighted by Gasteiger charge is -2.34. The summed E-state index contributed by atoms with van der Waals surface area (Å²) in [6.45, 7) is 0. The van der Waals surface area contributed by atoms with E-state index >= 15 is 0 Å². The van der Waals surface area contributed by atoms with Crippen LogP contribution in [0.15, 0.2) is 6.07 Å². The maximum absolute atomic E-state index is 14.1. The van der Waals surface area contributed by atoms with Crippen LogP contribution < -0.4 is 0 Å². The highest BCUT2D eigenvalue weighted by Crippen LogP contribution is 2.45. The Hall–Kier alpha value is -1.36. The van der Waals surface area contributed by atoms with Crippen LogP contribution >= 0.6 is 11.6 Å². The zero-order valence-electron chi connectivity index (χ0n) is 10.0. The summed E-state index contributed by atoms with van der Waals surface area (Å²) in [4.78, 5) is 11.5. The van der Waals surface area contributed by atoms with Gasteiger partial charge in [0.25, 0.3) is 0 Å². The molecular weight excluding hydrogens is 278 g/mol. The molecule has 19 heavy (non-hydrogen) atoms. The van der Waals surface area contributed by atoms with E-state index in [1.165, 1.54) is 0 Å². The molecule has 0 saturated heterocycles. The number of rotatable bonds is 2. The van der Waals surface area contributed by atoms with Crippen LogP contribution in [0.5, 0.6) is 5.75 Å². The summed E-state index contributed by atoms with van der Waals surface area (Å²) in [5.41, 5.74) is -2.13. The standard InChI is InChI=1S/C13H13ClF2O3/c14-10-8(17)6-7(15)9(11(10)16)13(12(18)19)4-2-1-3-5-13/h6,17H,1-5H2,(H,18,19). The average Bonchev–Trinajstić information content (AvgIpc) is 2.37. The summed E-state index contributed by atoms with van der Waals surface area (Å²) in [5, 5.41) is 18.0. The number of aromatic hydroxyl groups is 1. The van der Waals surface area contributed by atoms with E-state index in [0.717, 1.165) is 6.42 Å². The summed E-state index contributed by atoms with van der Waals surface area (Å²) in [5.74, 6) is -4.23. The van der Waals surface area contributed by atoms with E-state index in [4.69, 9.17) is 11.6 Å². The van der Waals surface area contributed by atoms with E-state index in [9.17, 15) is 23.8 Å². The summed E-state index contributed by atoms with van der Waals surface area (Å²) in [6.07, 6.45) is 2.34. The Morgan fingerprint density at radius 3 is 2.37 bits per heavy atom. The Kier molecular flexibility index (Phi) is 3.67. The third-order valence-electron chi connectivity index (χ3n) is 3.73. The van der Waals surface area contributed by atoms with Gasteiger partial charge >= 0.3 is 5.97 Å². The number of phenolic OH excluding ortho intramolecular Hbond substituents is 1. The zero-order valence-corrected chi connectivity index (χ0v) is 10.8. The molecule has 0 amide bonds. The molecule has 0 radical (unpaired) electrons. The van der Waals surface area contributed by atoms with E-state index in [-0.39, 0.29) is 12.8 Å². The lowest BCUT2D eigenvalue weighted by atomic mass is 9.69. The van der Waals surface area contributed by atoms with E-state index in [1.54, 1.807) is 0 Å². The molecule has 0 bridgehead atoms. The van der Waals surface area contributed by atoms with Crippen molar-refractivity contribution >= 4 is 17.6 Å². The fraction of sp³-hybridized carbons (Fsp3) is 0.462. The second-order valence-corrected chi connectivity index (χ2v) is 5.21. The highest BCUT2D eigenvalue weighted by atomic mass is 35.5. The van der Waals surface area contributed by atoms with E-state index in [1.807, 2.05) is 0 Å². The fourth-order valence-electron chi connectivity index (χ4n) is 2.75. The van der Waals surface area contributed by atoms with Gasteiger partial charge < -0.3 is 10.2 Å². The molecule has 1 saturated carbocycles. The second kappa shape index (κ2) is 4.96. The lowest BCUT2D eigenvalue weighted by Crippen LogP contribution is -2.39. The van der Waals surface area contributed by atoms with Crippen molar-refractivity contribution in [2.24, 2.45) is 0 Å². The molecular formula is C13H13ClF2O3. The average molecular weight is 291 g/mol. The van der Waals surface area contributed by atoms with E-state index in [2.05, 4.69) is 0 Å². The Bertz CT molecular complexity index is 525. The van der Waals surface area contributed by atoms with Crippen molar-refractivity contribution in [1.29, 1.82) is 0 Å². The molecule has 0 spiro atoms. The minimum absolute atomic E-state index is 0.164. The number of halogens is 3. The Morgan fingerprint density at radius 1 is 1.26 bits per heavy atom. The summed E-state index contributed by atoms with van der Waals surface area (Å²) >= 11 is 5.56. The van der Waals surface area contributed by atoms with Crippen molar-refractivity contribution < 1.29 is 23.8 Å². The van der Waals surface area contributed by atoms with Crippen LogP contribution in [0.1, 0.15) is 37.7 Å². The zero-order chi connectivity index (χ0) is 14.2. The molecule has 0 heterocycles. The van der Waals surface area contributed by atoms with Gasteiger partial charge in [-0.1, -0.05) is 30.9 Å². The molecule has 104 valence electrons. The van der Waals surface area contributed by atoms with Crippen molar-refractivity contribution in [3.8, 4) is 5.75 Å². The molecule has 0 aromatic heterocycles. The predicted octanol–water partition coefficient (Wildman–Crippen LogP) is 3.61. The highest BCUT2D eigenvalue weighted by molar-refractivity contribution is 6.32. The number of hydrogen-bond donors (Lipinski definition) is 2. The number of aliphatic carboxylic acids is 1. The third-order valence-corrected chi connectivity index (χ3v) is 4.09. The summed E-state index contributed by atoms with van der Waals surface area (Å²) in [6, 6.07) is 0.667. The first-order valence-electron chi connectivity index (χ1n) is 6.00. The normalized spacial score (nSPS) is 18.3. The van der Waals surface area contributed by atoms with Crippen molar-refractivity contribution in [2.75, 3.05) is 0 Å². The number of carbonyl (C=O) groups is 1. The lowest BCUT2D eigenvalue weighted by molar-refractivity contribution is -0.145. The molecule has 1 aromatic rings. The van der Waals surface area contributed by atoms with Crippen LogP contribution in [0.2, 0.25) is 5.02 Å². The quantitative estimate of drug-likeness (QED) is 0.818. The first kappa shape index (κ1) is 14.1. The molecule has 0 atom stereocenters. The molecule has 2 rings (SSSR count). The minimum Gasteiger partial charge on any atom is -0.506 e. The van der Waals surface area contributed by atoms with Crippen molar-refractivity contribution in [3.05, 3.63) is 28.3 Å². The molecule has 1 aliphatic rings. The molecule has 6 heteroatoms. The van der Waals surface area contributed by atoms with Crippen LogP contribution in [0.4, 0.5) is 8.78 Å². The second-order valence-electron chi connectivity index (χ2n) is 4.83. The minimum atomic E-state index is -1.59. The smallest absolute Gasteiger partial charge is 0.314 e. The number of hydrogen-bond acceptors (Lipinski definition) is 2. The highest BCUT2D eigenvalue weighted by Gasteiger charge is 2.46. The van der Waals surface area contributed by atoms with Gasteiger partial charge in [-0.05, 0) is 12.8 Å². The topological polar surface area (TPSA) is 57.5 Å². The molecule has 1 fully saturated rings. The van der Waals surface area contributed by atoms with Gasteiger partial charge in [0.2, 0.25) is 0 Å². The number of carboxylic acids is 1. The number of benzene rings is 1. The van der Waals surface area contributed by atoms with Gasteiger partial charge in [0.15, 0.2) is 5.82 Å². The van der Waals surface area contributed by atoms with Crippen LogP contribution in [-0.4, -0.2) is 16.2 Å². The number of carboxylic acid groups (broad SMARTS) is 1. The monoisotopic (exact) mass is 290 g/mol. The fourth-order valence-corrected chi connectivity index (χ4v) is 2.90. The van der Waals surface area contributed by atoms with Crippen molar-refractivity contribution in [1.82, 2.24) is 0 Å². The van der Waals surface area contributed by atoms with Gasteiger partial charge in [0, 0.05) is 11.6 Å². The molecule has 1 aliphatic carbocycles. The number of phenols is 1. The first-order chi connectivity index (χ1) is 8.90. The molecule has 3 nitrogen and oxygen atoms in total. The maximum atomic E-state index is 14.1. The van der Waals surface area contributed by atoms with Crippen molar-refractivity contribution in [2.45, 2.75) is 37.5 Å². The maximum Gasteiger partial charge on any atom is 0.314 e. The third kappa shape index (κ3) is 2.16. The van der Waals surface area contributed by atoms with Gasteiger partial charge in [-0.25, -0.2) is 8.78 Å². The Balaban J connectivity index is 2.67. The first-order valence-corrected chi connectivity index (χ1v) is 6.38. The van der Waals surface area contributed by atoms with Crippen LogP contribution in [0.3, 0.4) is 0 Å². The largest absolute Gasteiger partial charge is 0.506 e. The van der Waals surface area contributed by atoms with Gasteiger partial charge in [0.1, 0.15) is 16.6 Å². The SMILES string of the molecule is O=C(O)C1(c2c(F)cc(O)c(Cl)c2F)CCCCC1. The van der Waals surface area contributed by atoms with E-state index in [0.29, 0.717) is 18.9 Å². The van der Waals surface area contributed by atoms with Gasteiger partial charge in [-0.15, -0.1) is 0 Å². The molecule has 0 aliphatic heterocycles. The van der Waals surface area contributed by atoms with Crippen LogP contribution in [-0.2, 0) is 10.2 Å². The summed E-state index contributed by atoms with van der Waals surface area (Å²) < 4.78 is 28.1. The Labute approximate surface area is 113 Å². The van der Waals surface area contributed by atoms with Crippen LogP contribution in [0.25, 0.3) is 0 Å². The summed E-state index contributed by atoms with van der Waals surface area (Å²) in [7, 11) is 0. The van der Waals surface area contributed by atoms with Crippen molar-refractivity contribution in [3.63, 3.8) is 0 Å². The van der Waals surface area contributed by atoms with Gasteiger partial charge in [-0.2, -0.15) is 0 Å². The Morgan fingerprint density at radius 2 is 1.84 bits per heavy atom. The molecule has 2 N–H and O–H groups in total. The van der Waals surface area contributed by atoms with E-state index < -0.39 is 39.4 Å². The molecule has 1 aromatic carbocycles. The van der Waals surface area contributed by atoms with Gasteiger partial charge in [-0.3, -0.25) is 4.79 Å². The van der Waals surface area contributed by atoms with Gasteiger partial charge in [0.05, 0.1) is 5.41 Å². The predicted molar refractivity (Wildman–Crippen MR) is 65.4 cm³/mol.